The maximum atomic E-state index is 12.6. The van der Waals surface area contributed by atoms with E-state index in [0.29, 0.717) is 37.4 Å². The van der Waals surface area contributed by atoms with Crippen molar-refractivity contribution in [2.24, 2.45) is 7.05 Å². The Morgan fingerprint density at radius 1 is 1.33 bits per heavy atom. The van der Waals surface area contributed by atoms with Gasteiger partial charge in [0.2, 0.25) is 5.88 Å². The summed E-state index contributed by atoms with van der Waals surface area (Å²) in [6.45, 7) is 2.72. The summed E-state index contributed by atoms with van der Waals surface area (Å²) in [6, 6.07) is 0. The maximum absolute atomic E-state index is 12.6. The normalized spacial score (nSPS) is 21.5. The van der Waals surface area contributed by atoms with Crippen LogP contribution in [0.25, 0.3) is 0 Å². The first-order chi connectivity index (χ1) is 10.1. The minimum absolute atomic E-state index is 0.0504. The first kappa shape index (κ1) is 14.3. The Morgan fingerprint density at radius 3 is 2.62 bits per heavy atom. The fourth-order valence-electron chi connectivity index (χ4n) is 2.89. The van der Waals surface area contributed by atoms with E-state index in [4.69, 9.17) is 14.2 Å². The standard InChI is InChI=1S/C14H21N3O4/c1-16-10-11(12(15-16)19-2)13(18)17-6-4-14(5-7-17)20-8-3-9-21-14/h10H,3-9H2,1-2H3. The predicted molar refractivity (Wildman–Crippen MR) is 74.1 cm³/mol. The highest BCUT2D eigenvalue weighted by atomic mass is 16.7. The minimum Gasteiger partial charge on any atom is -0.479 e. The van der Waals surface area contributed by atoms with Crippen LogP contribution in [0, 0.1) is 0 Å². The molecule has 0 aromatic carbocycles. The number of methoxy groups -OCH3 is 1. The molecule has 3 rings (SSSR count). The summed E-state index contributed by atoms with van der Waals surface area (Å²) in [5.74, 6) is -0.160. The predicted octanol–water partition coefficient (Wildman–Crippen LogP) is 0.798. The number of amides is 1. The molecule has 1 amide bonds. The number of hydrogen-bond donors (Lipinski definition) is 0. The van der Waals surface area contributed by atoms with Crippen molar-refractivity contribution in [3.63, 3.8) is 0 Å². The van der Waals surface area contributed by atoms with Crippen molar-refractivity contribution in [3.8, 4) is 5.88 Å². The van der Waals surface area contributed by atoms with Gasteiger partial charge in [-0.1, -0.05) is 0 Å². The third-order valence-corrected chi connectivity index (χ3v) is 4.05. The highest BCUT2D eigenvalue weighted by Gasteiger charge is 2.40. The van der Waals surface area contributed by atoms with Crippen LogP contribution in [-0.4, -0.2) is 59.8 Å². The van der Waals surface area contributed by atoms with Crippen molar-refractivity contribution in [1.29, 1.82) is 0 Å². The van der Waals surface area contributed by atoms with Crippen LogP contribution in [0.2, 0.25) is 0 Å². The van der Waals surface area contributed by atoms with Crippen LogP contribution in [-0.2, 0) is 16.5 Å². The first-order valence-corrected chi connectivity index (χ1v) is 7.28. The van der Waals surface area contributed by atoms with E-state index in [9.17, 15) is 4.79 Å². The molecule has 0 saturated carbocycles. The fraction of sp³-hybridized carbons (Fsp3) is 0.714. The van der Waals surface area contributed by atoms with E-state index in [1.165, 1.54) is 7.11 Å². The number of carbonyl (C=O) groups is 1. The molecular formula is C14H21N3O4. The van der Waals surface area contributed by atoms with Gasteiger partial charge in [-0.3, -0.25) is 9.48 Å². The summed E-state index contributed by atoms with van der Waals surface area (Å²) in [5, 5.41) is 4.13. The zero-order valence-corrected chi connectivity index (χ0v) is 12.5. The fourth-order valence-corrected chi connectivity index (χ4v) is 2.89. The van der Waals surface area contributed by atoms with Gasteiger partial charge in [0.05, 0.1) is 20.3 Å². The minimum atomic E-state index is -0.478. The van der Waals surface area contributed by atoms with Crippen molar-refractivity contribution < 1.29 is 19.0 Å². The van der Waals surface area contributed by atoms with Crippen LogP contribution in [0.1, 0.15) is 29.6 Å². The Bertz CT molecular complexity index is 512. The van der Waals surface area contributed by atoms with Gasteiger partial charge in [-0.05, 0) is 6.42 Å². The lowest BCUT2D eigenvalue weighted by molar-refractivity contribution is -0.281. The van der Waals surface area contributed by atoms with Gasteiger partial charge in [0.15, 0.2) is 5.79 Å². The molecule has 7 heteroatoms. The molecule has 21 heavy (non-hydrogen) atoms. The van der Waals surface area contributed by atoms with Crippen LogP contribution < -0.4 is 4.74 Å². The van der Waals surface area contributed by atoms with Crippen molar-refractivity contribution in [2.75, 3.05) is 33.4 Å². The highest BCUT2D eigenvalue weighted by molar-refractivity contribution is 5.96. The third-order valence-electron chi connectivity index (χ3n) is 4.05. The van der Waals surface area contributed by atoms with Gasteiger partial charge in [0.1, 0.15) is 5.56 Å². The number of nitrogens with zero attached hydrogens (tertiary/aromatic N) is 3. The van der Waals surface area contributed by atoms with Crippen molar-refractivity contribution in [2.45, 2.75) is 25.0 Å². The number of aryl methyl sites for hydroxylation is 1. The summed E-state index contributed by atoms with van der Waals surface area (Å²) in [6.07, 6.45) is 4.05. The summed E-state index contributed by atoms with van der Waals surface area (Å²) < 4.78 is 18.3. The number of rotatable bonds is 2. The molecule has 1 aromatic heterocycles. The Balaban J connectivity index is 1.67. The van der Waals surface area contributed by atoms with E-state index in [1.807, 2.05) is 4.90 Å². The smallest absolute Gasteiger partial charge is 0.260 e. The average molecular weight is 295 g/mol. The maximum Gasteiger partial charge on any atom is 0.260 e. The van der Waals surface area contributed by atoms with Crippen LogP contribution in [0.4, 0.5) is 0 Å². The largest absolute Gasteiger partial charge is 0.479 e. The Morgan fingerprint density at radius 2 is 2.00 bits per heavy atom. The van der Waals surface area contributed by atoms with E-state index in [2.05, 4.69) is 5.10 Å². The molecule has 116 valence electrons. The lowest BCUT2D eigenvalue weighted by Gasteiger charge is -2.43. The van der Waals surface area contributed by atoms with Gasteiger partial charge in [0.25, 0.3) is 5.91 Å². The molecule has 0 radical (unpaired) electrons. The molecule has 0 atom stereocenters. The molecular weight excluding hydrogens is 274 g/mol. The van der Waals surface area contributed by atoms with E-state index in [-0.39, 0.29) is 5.91 Å². The van der Waals surface area contributed by atoms with Crippen LogP contribution in [0.3, 0.4) is 0 Å². The number of hydrogen-bond acceptors (Lipinski definition) is 5. The van der Waals surface area contributed by atoms with E-state index < -0.39 is 5.79 Å². The zero-order chi connectivity index (χ0) is 14.9. The molecule has 2 saturated heterocycles. The Hall–Kier alpha value is -1.60. The van der Waals surface area contributed by atoms with Crippen molar-refractivity contribution in [1.82, 2.24) is 14.7 Å². The van der Waals surface area contributed by atoms with Gasteiger partial charge in [-0.2, -0.15) is 0 Å². The number of piperidine rings is 1. The van der Waals surface area contributed by atoms with Gasteiger partial charge >= 0.3 is 0 Å². The number of aromatic nitrogens is 2. The molecule has 2 fully saturated rings. The molecule has 1 spiro atoms. The van der Waals surface area contributed by atoms with Gasteiger partial charge in [-0.25, -0.2) is 0 Å². The van der Waals surface area contributed by atoms with Crippen molar-refractivity contribution in [3.05, 3.63) is 11.8 Å². The van der Waals surface area contributed by atoms with E-state index in [1.54, 1.807) is 17.9 Å². The molecule has 2 aliphatic rings. The van der Waals surface area contributed by atoms with Crippen molar-refractivity contribution >= 4 is 5.91 Å². The molecule has 7 nitrogen and oxygen atoms in total. The molecule has 0 bridgehead atoms. The molecule has 2 aliphatic heterocycles. The quantitative estimate of drug-likeness (QED) is 0.807. The number of carbonyl (C=O) groups excluding carboxylic acids is 1. The second kappa shape index (κ2) is 5.65. The molecule has 3 heterocycles. The Labute approximate surface area is 123 Å². The summed E-state index contributed by atoms with van der Waals surface area (Å²) >= 11 is 0. The average Bonchev–Trinajstić information content (AvgIpc) is 2.89. The number of likely N-dealkylation sites (tertiary alicyclic amines) is 1. The van der Waals surface area contributed by atoms with Gasteiger partial charge < -0.3 is 19.1 Å². The second-order valence-corrected chi connectivity index (χ2v) is 5.48. The molecule has 0 N–H and O–H groups in total. The SMILES string of the molecule is COc1nn(C)cc1C(=O)N1CCC2(CC1)OCCCO2. The summed E-state index contributed by atoms with van der Waals surface area (Å²) in [5.41, 5.74) is 0.501. The van der Waals surface area contributed by atoms with Crippen LogP contribution in [0.5, 0.6) is 5.88 Å². The van der Waals surface area contributed by atoms with E-state index >= 15 is 0 Å². The first-order valence-electron chi connectivity index (χ1n) is 7.28. The summed E-state index contributed by atoms with van der Waals surface area (Å²) in [4.78, 5) is 14.4. The van der Waals surface area contributed by atoms with Gasteiger partial charge in [0, 0.05) is 39.2 Å². The topological polar surface area (TPSA) is 65.8 Å². The molecule has 0 unspecified atom stereocenters. The lowest BCUT2D eigenvalue weighted by Crippen LogP contribution is -2.51. The zero-order valence-electron chi connectivity index (χ0n) is 12.5. The monoisotopic (exact) mass is 295 g/mol. The summed E-state index contributed by atoms with van der Waals surface area (Å²) in [7, 11) is 3.29. The lowest BCUT2D eigenvalue weighted by atomic mass is 10.0. The Kier molecular flexibility index (Phi) is 3.86. The third kappa shape index (κ3) is 2.75. The second-order valence-electron chi connectivity index (χ2n) is 5.48. The molecule has 1 aromatic rings. The van der Waals surface area contributed by atoms with E-state index in [0.717, 1.165) is 19.6 Å². The number of ether oxygens (including phenoxy) is 3. The van der Waals surface area contributed by atoms with Gasteiger partial charge in [-0.15, -0.1) is 5.10 Å². The highest BCUT2D eigenvalue weighted by Crippen LogP contribution is 2.31. The van der Waals surface area contributed by atoms with Crippen LogP contribution >= 0.6 is 0 Å². The molecule has 0 aliphatic carbocycles. The van der Waals surface area contributed by atoms with Crippen LogP contribution in [0.15, 0.2) is 6.20 Å².